The van der Waals surface area contributed by atoms with Crippen LogP contribution in [0, 0.1) is 11.3 Å². The lowest BCUT2D eigenvalue weighted by Gasteiger charge is -1.96. The zero-order valence-corrected chi connectivity index (χ0v) is 7.92. The summed E-state index contributed by atoms with van der Waals surface area (Å²) < 4.78 is 0.694. The second-order valence-corrected chi connectivity index (χ2v) is 3.14. The molecule has 3 nitrogen and oxygen atoms in total. The molecule has 1 heterocycles. The predicted octanol–water partition coefficient (Wildman–Crippen LogP) is 1.92. The minimum atomic E-state index is -0.146. The Balaban J connectivity index is 3.26. The van der Waals surface area contributed by atoms with Crippen molar-refractivity contribution in [3.63, 3.8) is 0 Å². The van der Waals surface area contributed by atoms with E-state index < -0.39 is 0 Å². The van der Waals surface area contributed by atoms with E-state index in [1.165, 1.54) is 6.92 Å². The van der Waals surface area contributed by atoms with Gasteiger partial charge >= 0.3 is 0 Å². The summed E-state index contributed by atoms with van der Waals surface area (Å²) in [4.78, 5) is 14.7. The molecule has 12 heavy (non-hydrogen) atoms. The molecular weight excluding hydrogens is 220 g/mol. The molecule has 0 radical (unpaired) electrons. The molecule has 4 heteroatoms. The fraction of sp³-hybridized carbons (Fsp3) is 0.125. The molecule has 0 bridgehead atoms. The van der Waals surface area contributed by atoms with Crippen molar-refractivity contribution in [1.29, 1.82) is 5.26 Å². The monoisotopic (exact) mass is 224 g/mol. The standard InChI is InChI=1S/C8H5BrN2O/c1-5(12)8-3-6(9)2-7(4-10)11-8/h2-3H,1H3. The van der Waals surface area contributed by atoms with Crippen molar-refractivity contribution in [3.05, 3.63) is 28.0 Å². The Morgan fingerprint density at radius 1 is 1.67 bits per heavy atom. The summed E-state index contributed by atoms with van der Waals surface area (Å²) in [5.74, 6) is -0.146. The van der Waals surface area contributed by atoms with Crippen LogP contribution in [0.2, 0.25) is 0 Å². The molecule has 0 aliphatic heterocycles. The number of hydrogen-bond acceptors (Lipinski definition) is 3. The summed E-state index contributed by atoms with van der Waals surface area (Å²) in [6.07, 6.45) is 0. The van der Waals surface area contributed by atoms with Gasteiger partial charge in [-0.25, -0.2) is 4.98 Å². The first-order chi connectivity index (χ1) is 5.63. The molecular formula is C8H5BrN2O. The van der Waals surface area contributed by atoms with Gasteiger partial charge in [-0.3, -0.25) is 4.79 Å². The average Bonchev–Trinajstić information content (AvgIpc) is 2.03. The molecule has 1 aromatic rings. The van der Waals surface area contributed by atoms with Crippen LogP contribution in [0.15, 0.2) is 16.6 Å². The number of aromatic nitrogens is 1. The third-order valence-corrected chi connectivity index (χ3v) is 1.72. The Hall–Kier alpha value is -1.21. The van der Waals surface area contributed by atoms with E-state index in [-0.39, 0.29) is 11.5 Å². The lowest BCUT2D eigenvalue weighted by Crippen LogP contribution is -1.98. The Morgan fingerprint density at radius 2 is 2.33 bits per heavy atom. The van der Waals surface area contributed by atoms with Crippen molar-refractivity contribution in [2.75, 3.05) is 0 Å². The minimum absolute atomic E-state index is 0.146. The maximum Gasteiger partial charge on any atom is 0.178 e. The fourth-order valence-corrected chi connectivity index (χ4v) is 1.17. The second kappa shape index (κ2) is 3.46. The van der Waals surface area contributed by atoms with Gasteiger partial charge in [0.1, 0.15) is 17.5 Å². The summed E-state index contributed by atoms with van der Waals surface area (Å²) in [7, 11) is 0. The van der Waals surface area contributed by atoms with E-state index in [0.717, 1.165) is 0 Å². The Morgan fingerprint density at radius 3 is 2.83 bits per heavy atom. The Bertz CT molecular complexity index is 368. The maximum absolute atomic E-state index is 10.9. The highest BCUT2D eigenvalue weighted by molar-refractivity contribution is 9.10. The van der Waals surface area contributed by atoms with Gasteiger partial charge in [0.25, 0.3) is 0 Å². The highest BCUT2D eigenvalue weighted by atomic mass is 79.9. The minimum Gasteiger partial charge on any atom is -0.293 e. The van der Waals surface area contributed by atoms with E-state index in [9.17, 15) is 4.79 Å². The molecule has 0 spiro atoms. The predicted molar refractivity (Wildman–Crippen MR) is 46.7 cm³/mol. The average molecular weight is 225 g/mol. The zero-order valence-electron chi connectivity index (χ0n) is 6.34. The van der Waals surface area contributed by atoms with Crippen molar-refractivity contribution >= 4 is 21.7 Å². The summed E-state index contributed by atoms with van der Waals surface area (Å²) in [6, 6.07) is 5.02. The molecule has 1 rings (SSSR count). The molecule has 0 N–H and O–H groups in total. The molecule has 0 fully saturated rings. The van der Waals surface area contributed by atoms with E-state index in [1.54, 1.807) is 12.1 Å². The van der Waals surface area contributed by atoms with E-state index >= 15 is 0 Å². The third-order valence-electron chi connectivity index (χ3n) is 1.27. The van der Waals surface area contributed by atoms with Crippen molar-refractivity contribution in [2.24, 2.45) is 0 Å². The maximum atomic E-state index is 10.9. The van der Waals surface area contributed by atoms with E-state index in [2.05, 4.69) is 20.9 Å². The number of halogens is 1. The van der Waals surface area contributed by atoms with Gasteiger partial charge in [-0.15, -0.1) is 0 Å². The van der Waals surface area contributed by atoms with Crippen LogP contribution in [0.5, 0.6) is 0 Å². The molecule has 0 amide bonds. The van der Waals surface area contributed by atoms with Crippen molar-refractivity contribution in [1.82, 2.24) is 4.98 Å². The first-order valence-electron chi connectivity index (χ1n) is 3.22. The summed E-state index contributed by atoms with van der Waals surface area (Å²) >= 11 is 3.18. The summed E-state index contributed by atoms with van der Waals surface area (Å²) in [5.41, 5.74) is 0.551. The van der Waals surface area contributed by atoms with Crippen LogP contribution in [-0.2, 0) is 0 Å². The van der Waals surface area contributed by atoms with Gasteiger partial charge in [0.15, 0.2) is 5.78 Å². The van der Waals surface area contributed by atoms with Gasteiger partial charge < -0.3 is 0 Å². The second-order valence-electron chi connectivity index (χ2n) is 2.22. The Labute approximate surface area is 78.2 Å². The Kier molecular flexibility index (Phi) is 2.56. The van der Waals surface area contributed by atoms with Gasteiger partial charge in [0.2, 0.25) is 0 Å². The van der Waals surface area contributed by atoms with Crippen molar-refractivity contribution < 1.29 is 4.79 Å². The van der Waals surface area contributed by atoms with E-state index in [0.29, 0.717) is 10.2 Å². The largest absolute Gasteiger partial charge is 0.293 e. The SMILES string of the molecule is CC(=O)c1cc(Br)cc(C#N)n1. The van der Waals surface area contributed by atoms with Gasteiger partial charge in [-0.1, -0.05) is 15.9 Å². The molecule has 60 valence electrons. The van der Waals surface area contributed by atoms with Gasteiger partial charge in [0, 0.05) is 11.4 Å². The molecule has 0 atom stereocenters. The molecule has 0 aliphatic carbocycles. The molecule has 1 aromatic heterocycles. The number of ketones is 1. The van der Waals surface area contributed by atoms with Gasteiger partial charge in [-0.2, -0.15) is 5.26 Å². The highest BCUT2D eigenvalue weighted by Crippen LogP contribution is 2.12. The number of carbonyl (C=O) groups is 1. The lowest BCUT2D eigenvalue weighted by atomic mass is 10.2. The number of hydrogen-bond donors (Lipinski definition) is 0. The van der Waals surface area contributed by atoms with Crippen molar-refractivity contribution in [2.45, 2.75) is 6.92 Å². The molecule has 0 aliphatic rings. The summed E-state index contributed by atoms with van der Waals surface area (Å²) in [6.45, 7) is 1.41. The topological polar surface area (TPSA) is 53.8 Å². The molecule has 0 saturated heterocycles. The fourth-order valence-electron chi connectivity index (χ4n) is 0.735. The van der Waals surface area contributed by atoms with Crippen LogP contribution in [0.25, 0.3) is 0 Å². The van der Waals surface area contributed by atoms with Crippen LogP contribution in [-0.4, -0.2) is 10.8 Å². The smallest absolute Gasteiger partial charge is 0.178 e. The molecule has 0 aromatic carbocycles. The number of nitriles is 1. The zero-order chi connectivity index (χ0) is 9.14. The van der Waals surface area contributed by atoms with Crippen LogP contribution in [0.3, 0.4) is 0 Å². The first-order valence-corrected chi connectivity index (χ1v) is 4.01. The number of pyridine rings is 1. The van der Waals surface area contributed by atoms with Crippen LogP contribution >= 0.6 is 15.9 Å². The molecule has 0 saturated carbocycles. The number of carbonyl (C=O) groups excluding carboxylic acids is 1. The number of Topliss-reactive ketones (excluding diaryl/α,β-unsaturated/α-hetero) is 1. The van der Waals surface area contributed by atoms with Crippen LogP contribution in [0.1, 0.15) is 23.1 Å². The normalized spacial score (nSPS) is 9.08. The lowest BCUT2D eigenvalue weighted by molar-refractivity contribution is 0.101. The quantitative estimate of drug-likeness (QED) is 0.686. The van der Waals surface area contributed by atoms with E-state index in [1.807, 2.05) is 6.07 Å². The van der Waals surface area contributed by atoms with Crippen LogP contribution < -0.4 is 0 Å². The molecule has 0 unspecified atom stereocenters. The highest BCUT2D eigenvalue weighted by Gasteiger charge is 2.04. The third kappa shape index (κ3) is 1.89. The number of nitrogens with zero attached hydrogens (tertiary/aromatic N) is 2. The first kappa shape index (κ1) is 8.88. The van der Waals surface area contributed by atoms with E-state index in [4.69, 9.17) is 5.26 Å². The van der Waals surface area contributed by atoms with Crippen molar-refractivity contribution in [3.8, 4) is 6.07 Å². The summed E-state index contributed by atoms with van der Waals surface area (Å²) in [5, 5.41) is 8.52. The van der Waals surface area contributed by atoms with Crippen LogP contribution in [0.4, 0.5) is 0 Å². The number of rotatable bonds is 1. The van der Waals surface area contributed by atoms with Gasteiger partial charge in [0.05, 0.1) is 0 Å². The van der Waals surface area contributed by atoms with Gasteiger partial charge in [-0.05, 0) is 12.1 Å².